The standard InChI is InChI=1S/C14H21NO3/c1-5-18-13-7-6-12(8-10(13)2)9-15(4)14(17)11(3)16/h6-8,11,16H,5,9H2,1-4H3. The topological polar surface area (TPSA) is 49.8 Å². The van der Waals surface area contributed by atoms with Crippen LogP contribution in [0, 0.1) is 6.92 Å². The van der Waals surface area contributed by atoms with Gasteiger partial charge in [-0.3, -0.25) is 4.79 Å². The van der Waals surface area contributed by atoms with Crippen molar-refractivity contribution in [2.45, 2.75) is 33.4 Å². The van der Waals surface area contributed by atoms with Crippen LogP contribution in [0.5, 0.6) is 5.75 Å². The molecule has 0 radical (unpaired) electrons. The van der Waals surface area contributed by atoms with Crippen LogP contribution in [-0.2, 0) is 11.3 Å². The maximum atomic E-state index is 11.6. The summed E-state index contributed by atoms with van der Waals surface area (Å²) in [4.78, 5) is 13.1. The Labute approximate surface area is 108 Å². The molecule has 0 aliphatic carbocycles. The van der Waals surface area contributed by atoms with Crippen molar-refractivity contribution in [1.29, 1.82) is 0 Å². The first-order valence-corrected chi connectivity index (χ1v) is 6.11. The van der Waals surface area contributed by atoms with Crippen LogP contribution in [0.4, 0.5) is 0 Å². The second kappa shape index (κ2) is 6.40. The summed E-state index contributed by atoms with van der Waals surface area (Å²) in [6, 6.07) is 5.84. The van der Waals surface area contributed by atoms with E-state index in [0.29, 0.717) is 13.2 Å². The molecule has 0 aliphatic rings. The summed E-state index contributed by atoms with van der Waals surface area (Å²) in [6.45, 7) is 6.52. The zero-order valence-electron chi connectivity index (χ0n) is 11.4. The van der Waals surface area contributed by atoms with E-state index in [1.807, 2.05) is 32.0 Å². The van der Waals surface area contributed by atoms with Gasteiger partial charge in [-0.1, -0.05) is 12.1 Å². The van der Waals surface area contributed by atoms with Crippen molar-refractivity contribution in [3.8, 4) is 5.75 Å². The molecule has 1 amide bonds. The fraction of sp³-hybridized carbons (Fsp3) is 0.500. The van der Waals surface area contributed by atoms with Crippen molar-refractivity contribution in [1.82, 2.24) is 4.90 Å². The predicted octanol–water partition coefficient (Wildman–Crippen LogP) is 1.73. The summed E-state index contributed by atoms with van der Waals surface area (Å²) in [5, 5.41) is 9.23. The monoisotopic (exact) mass is 251 g/mol. The van der Waals surface area contributed by atoms with Gasteiger partial charge >= 0.3 is 0 Å². The first-order chi connectivity index (χ1) is 8.45. The van der Waals surface area contributed by atoms with Gasteiger partial charge in [0.1, 0.15) is 11.9 Å². The van der Waals surface area contributed by atoms with Crippen LogP contribution in [0.25, 0.3) is 0 Å². The number of carbonyl (C=O) groups is 1. The number of rotatable bonds is 5. The highest BCUT2D eigenvalue weighted by molar-refractivity contribution is 5.79. The molecule has 4 heteroatoms. The Morgan fingerprint density at radius 2 is 2.17 bits per heavy atom. The van der Waals surface area contributed by atoms with Gasteiger partial charge in [-0.25, -0.2) is 0 Å². The molecule has 0 heterocycles. The minimum absolute atomic E-state index is 0.276. The van der Waals surface area contributed by atoms with Crippen LogP contribution in [0.2, 0.25) is 0 Å². The minimum atomic E-state index is -0.959. The van der Waals surface area contributed by atoms with Crippen LogP contribution in [0.3, 0.4) is 0 Å². The molecule has 0 saturated heterocycles. The first-order valence-electron chi connectivity index (χ1n) is 6.11. The lowest BCUT2D eigenvalue weighted by Crippen LogP contribution is -2.34. The fourth-order valence-corrected chi connectivity index (χ4v) is 1.80. The Morgan fingerprint density at radius 3 is 2.67 bits per heavy atom. The number of aliphatic hydroxyl groups excluding tert-OH is 1. The number of benzene rings is 1. The van der Waals surface area contributed by atoms with Gasteiger partial charge in [-0.2, -0.15) is 0 Å². The Bertz CT molecular complexity index is 416. The number of ether oxygens (including phenoxy) is 1. The second-order valence-electron chi connectivity index (χ2n) is 4.40. The van der Waals surface area contributed by atoms with Gasteiger partial charge in [0.05, 0.1) is 6.61 Å². The lowest BCUT2D eigenvalue weighted by atomic mass is 10.1. The Morgan fingerprint density at radius 1 is 1.50 bits per heavy atom. The van der Waals surface area contributed by atoms with E-state index in [2.05, 4.69) is 0 Å². The third kappa shape index (κ3) is 3.74. The van der Waals surface area contributed by atoms with Crippen LogP contribution in [-0.4, -0.2) is 35.7 Å². The maximum Gasteiger partial charge on any atom is 0.251 e. The lowest BCUT2D eigenvalue weighted by molar-refractivity contribution is -0.138. The zero-order chi connectivity index (χ0) is 13.7. The van der Waals surface area contributed by atoms with Gasteiger partial charge in [-0.05, 0) is 38.0 Å². The molecule has 1 aromatic rings. The third-order valence-corrected chi connectivity index (χ3v) is 2.69. The van der Waals surface area contributed by atoms with Crippen molar-refractivity contribution in [2.75, 3.05) is 13.7 Å². The molecular weight excluding hydrogens is 230 g/mol. The highest BCUT2D eigenvalue weighted by atomic mass is 16.5. The second-order valence-corrected chi connectivity index (χ2v) is 4.40. The molecule has 18 heavy (non-hydrogen) atoms. The van der Waals surface area contributed by atoms with Gasteiger partial charge in [0, 0.05) is 13.6 Å². The van der Waals surface area contributed by atoms with Gasteiger partial charge in [0.15, 0.2) is 0 Å². The molecule has 1 aromatic carbocycles. The van der Waals surface area contributed by atoms with E-state index in [0.717, 1.165) is 16.9 Å². The van der Waals surface area contributed by atoms with Crippen LogP contribution < -0.4 is 4.74 Å². The molecule has 0 aromatic heterocycles. The van der Waals surface area contributed by atoms with Gasteiger partial charge in [0.25, 0.3) is 5.91 Å². The van der Waals surface area contributed by atoms with Gasteiger partial charge in [-0.15, -0.1) is 0 Å². The molecular formula is C14H21NO3. The zero-order valence-corrected chi connectivity index (χ0v) is 11.4. The number of nitrogens with zero attached hydrogens (tertiary/aromatic N) is 1. The molecule has 1 N–H and O–H groups in total. The number of aliphatic hydroxyl groups is 1. The number of likely N-dealkylation sites (N-methyl/N-ethyl adjacent to an activating group) is 1. The summed E-state index contributed by atoms with van der Waals surface area (Å²) in [5.41, 5.74) is 2.07. The van der Waals surface area contributed by atoms with E-state index < -0.39 is 6.10 Å². The predicted molar refractivity (Wildman–Crippen MR) is 70.5 cm³/mol. The summed E-state index contributed by atoms with van der Waals surface area (Å²) in [6.07, 6.45) is -0.959. The minimum Gasteiger partial charge on any atom is -0.494 e. The molecule has 0 bridgehead atoms. The number of carbonyl (C=O) groups excluding carboxylic acids is 1. The molecule has 0 saturated carbocycles. The molecule has 1 rings (SSSR count). The molecule has 100 valence electrons. The van der Waals surface area contributed by atoms with E-state index in [9.17, 15) is 9.90 Å². The first kappa shape index (κ1) is 14.5. The van der Waals surface area contributed by atoms with Crippen molar-refractivity contribution < 1.29 is 14.6 Å². The molecule has 0 aliphatic heterocycles. The smallest absolute Gasteiger partial charge is 0.251 e. The van der Waals surface area contributed by atoms with Crippen molar-refractivity contribution >= 4 is 5.91 Å². The molecule has 4 nitrogen and oxygen atoms in total. The number of aryl methyl sites for hydroxylation is 1. The largest absolute Gasteiger partial charge is 0.494 e. The van der Waals surface area contributed by atoms with E-state index in [1.165, 1.54) is 11.8 Å². The van der Waals surface area contributed by atoms with Crippen molar-refractivity contribution in [3.05, 3.63) is 29.3 Å². The van der Waals surface area contributed by atoms with E-state index in [1.54, 1.807) is 7.05 Å². The summed E-state index contributed by atoms with van der Waals surface area (Å²) in [7, 11) is 1.68. The van der Waals surface area contributed by atoms with E-state index >= 15 is 0 Å². The Kier molecular flexibility index (Phi) is 5.16. The van der Waals surface area contributed by atoms with Crippen LogP contribution in [0.1, 0.15) is 25.0 Å². The van der Waals surface area contributed by atoms with E-state index in [-0.39, 0.29) is 5.91 Å². The SMILES string of the molecule is CCOc1ccc(CN(C)C(=O)C(C)O)cc1C. The number of hydrogen-bond acceptors (Lipinski definition) is 3. The van der Waals surface area contributed by atoms with Gasteiger partial charge < -0.3 is 14.7 Å². The number of amides is 1. The maximum absolute atomic E-state index is 11.6. The fourth-order valence-electron chi connectivity index (χ4n) is 1.80. The lowest BCUT2D eigenvalue weighted by Gasteiger charge is -2.19. The highest BCUT2D eigenvalue weighted by Crippen LogP contribution is 2.19. The molecule has 0 fully saturated rings. The third-order valence-electron chi connectivity index (χ3n) is 2.69. The van der Waals surface area contributed by atoms with Gasteiger partial charge in [0.2, 0.25) is 0 Å². The highest BCUT2D eigenvalue weighted by Gasteiger charge is 2.14. The number of hydrogen-bond donors (Lipinski definition) is 1. The average Bonchev–Trinajstić information content (AvgIpc) is 2.31. The van der Waals surface area contributed by atoms with Crippen molar-refractivity contribution in [3.63, 3.8) is 0 Å². The van der Waals surface area contributed by atoms with E-state index in [4.69, 9.17) is 4.74 Å². The summed E-state index contributed by atoms with van der Waals surface area (Å²) < 4.78 is 5.46. The van der Waals surface area contributed by atoms with Crippen LogP contribution >= 0.6 is 0 Å². The molecule has 1 unspecified atom stereocenters. The average molecular weight is 251 g/mol. The molecule has 0 spiro atoms. The van der Waals surface area contributed by atoms with Crippen molar-refractivity contribution in [2.24, 2.45) is 0 Å². The Balaban J connectivity index is 2.74. The Hall–Kier alpha value is -1.55. The van der Waals surface area contributed by atoms with Crippen LogP contribution in [0.15, 0.2) is 18.2 Å². The normalized spacial score (nSPS) is 12.1. The summed E-state index contributed by atoms with van der Waals surface area (Å²) >= 11 is 0. The summed E-state index contributed by atoms with van der Waals surface area (Å²) in [5.74, 6) is 0.590. The molecule has 1 atom stereocenters. The quantitative estimate of drug-likeness (QED) is 0.867.